The number of aliphatic hydroxyl groups is 1. The number of aromatic amines is 1. The first kappa shape index (κ1) is 22.3. The van der Waals surface area contributed by atoms with E-state index in [-0.39, 0.29) is 5.92 Å². The molecular formula is C31H32N2O. The summed E-state index contributed by atoms with van der Waals surface area (Å²) >= 11 is 0. The average molecular weight is 449 g/mol. The smallest absolute Gasteiger partial charge is 0.0831 e. The second-order valence-electron chi connectivity index (χ2n) is 10.2. The van der Waals surface area contributed by atoms with Crippen molar-refractivity contribution in [1.29, 1.82) is 0 Å². The van der Waals surface area contributed by atoms with Crippen LogP contribution in [0.5, 0.6) is 0 Å². The summed E-state index contributed by atoms with van der Waals surface area (Å²) in [5.74, 6) is 6.95. The van der Waals surface area contributed by atoms with Crippen LogP contribution in [0.4, 0.5) is 5.69 Å². The molecule has 0 amide bonds. The molecule has 3 heteroatoms. The van der Waals surface area contributed by atoms with Crippen LogP contribution < -0.4 is 5.32 Å². The largest absolute Gasteiger partial charge is 0.390 e. The molecule has 4 aromatic rings. The summed E-state index contributed by atoms with van der Waals surface area (Å²) < 4.78 is 0. The molecule has 1 aliphatic rings. The lowest BCUT2D eigenvalue weighted by molar-refractivity contribution is 0.0868. The van der Waals surface area contributed by atoms with Crippen LogP contribution in [-0.4, -0.2) is 21.7 Å². The third-order valence-electron chi connectivity index (χ3n) is 7.36. The number of anilines is 1. The van der Waals surface area contributed by atoms with Gasteiger partial charge in [0.1, 0.15) is 0 Å². The maximum absolute atomic E-state index is 11.2. The number of benzene rings is 3. The SMILES string of the molecule is Cc1ccccc1C#Cc1c(-c2cccc3c(C)c[nH]c23)cc(C)c2c1[C@@H](C)[C@H](O)C(C)(C)N2. The number of aromatic nitrogens is 1. The second kappa shape index (κ2) is 8.08. The van der Waals surface area contributed by atoms with Crippen LogP contribution >= 0.6 is 0 Å². The second-order valence-corrected chi connectivity index (χ2v) is 10.2. The monoisotopic (exact) mass is 448 g/mol. The van der Waals surface area contributed by atoms with Gasteiger partial charge in [0.2, 0.25) is 0 Å². The van der Waals surface area contributed by atoms with Crippen LogP contribution in [0, 0.1) is 32.6 Å². The first-order valence-corrected chi connectivity index (χ1v) is 12.0. The highest BCUT2D eigenvalue weighted by molar-refractivity contribution is 5.98. The maximum atomic E-state index is 11.2. The van der Waals surface area contributed by atoms with Crippen molar-refractivity contribution in [2.75, 3.05) is 5.32 Å². The lowest BCUT2D eigenvalue weighted by atomic mass is 9.75. The number of para-hydroxylation sites is 1. The molecular weight excluding hydrogens is 416 g/mol. The van der Waals surface area contributed by atoms with Gasteiger partial charge in [0.15, 0.2) is 0 Å². The van der Waals surface area contributed by atoms with Crippen molar-refractivity contribution in [2.45, 2.75) is 59.1 Å². The number of rotatable bonds is 1. The van der Waals surface area contributed by atoms with Gasteiger partial charge in [-0.25, -0.2) is 0 Å². The van der Waals surface area contributed by atoms with E-state index in [9.17, 15) is 5.11 Å². The zero-order valence-electron chi connectivity index (χ0n) is 20.8. The number of fused-ring (bicyclic) bond motifs is 2. The average Bonchev–Trinajstić information content (AvgIpc) is 3.19. The molecule has 0 aliphatic carbocycles. The molecule has 0 unspecified atom stereocenters. The van der Waals surface area contributed by atoms with E-state index in [1.807, 2.05) is 12.1 Å². The van der Waals surface area contributed by atoms with Crippen molar-refractivity contribution in [3.05, 3.63) is 88.1 Å². The fourth-order valence-corrected chi connectivity index (χ4v) is 5.35. The van der Waals surface area contributed by atoms with Crippen LogP contribution in [-0.2, 0) is 0 Å². The number of nitrogens with one attached hydrogen (secondary N) is 2. The molecule has 2 atom stereocenters. The highest BCUT2D eigenvalue weighted by Crippen LogP contribution is 2.46. The van der Waals surface area contributed by atoms with Crippen molar-refractivity contribution in [1.82, 2.24) is 4.98 Å². The number of hydrogen-bond donors (Lipinski definition) is 3. The third-order valence-corrected chi connectivity index (χ3v) is 7.36. The Balaban J connectivity index is 1.84. The standard InChI is InChI=1S/C31H32N2O/c1-18-10-7-8-11-22(18)14-15-24-26(25-13-9-12-23-20(3)17-32-29(23)25)16-19(2)28-27(24)21(4)30(34)31(5,6)33-28/h7-13,16-17,21,30,32-34H,1-6H3/t21-,30+/m1/s1. The molecule has 34 heavy (non-hydrogen) atoms. The van der Waals surface area contributed by atoms with E-state index in [1.165, 1.54) is 16.5 Å². The Kier molecular flexibility index (Phi) is 5.30. The van der Waals surface area contributed by atoms with Crippen molar-refractivity contribution < 1.29 is 5.11 Å². The van der Waals surface area contributed by atoms with Crippen molar-refractivity contribution in [2.24, 2.45) is 0 Å². The summed E-state index contributed by atoms with van der Waals surface area (Å²) in [5, 5.41) is 16.1. The highest BCUT2D eigenvalue weighted by atomic mass is 16.3. The summed E-state index contributed by atoms with van der Waals surface area (Å²) in [7, 11) is 0. The maximum Gasteiger partial charge on any atom is 0.0831 e. The Labute approximate surface area is 202 Å². The van der Waals surface area contributed by atoms with E-state index in [1.54, 1.807) is 0 Å². The Morgan fingerprint density at radius 2 is 1.65 bits per heavy atom. The molecule has 2 heterocycles. The number of H-pyrrole nitrogens is 1. The molecule has 1 aromatic heterocycles. The van der Waals surface area contributed by atoms with Gasteiger partial charge in [0.25, 0.3) is 0 Å². The zero-order valence-corrected chi connectivity index (χ0v) is 20.8. The highest BCUT2D eigenvalue weighted by Gasteiger charge is 2.40. The topological polar surface area (TPSA) is 48.0 Å². The van der Waals surface area contributed by atoms with E-state index in [2.05, 4.69) is 106 Å². The van der Waals surface area contributed by atoms with Crippen molar-refractivity contribution in [3.8, 4) is 23.0 Å². The van der Waals surface area contributed by atoms with E-state index < -0.39 is 11.6 Å². The Morgan fingerprint density at radius 3 is 2.41 bits per heavy atom. The molecule has 0 radical (unpaired) electrons. The molecule has 0 bridgehead atoms. The molecule has 3 N–H and O–H groups in total. The minimum atomic E-state index is -0.530. The van der Waals surface area contributed by atoms with Crippen molar-refractivity contribution in [3.63, 3.8) is 0 Å². The molecule has 0 saturated heterocycles. The van der Waals surface area contributed by atoms with Gasteiger partial charge in [-0.3, -0.25) is 0 Å². The molecule has 3 aromatic carbocycles. The summed E-state index contributed by atoms with van der Waals surface area (Å²) in [6, 6.07) is 16.9. The van der Waals surface area contributed by atoms with Gasteiger partial charge in [-0.15, -0.1) is 0 Å². The molecule has 0 fully saturated rings. The van der Waals surface area contributed by atoms with Gasteiger partial charge in [-0.2, -0.15) is 0 Å². The normalized spacial score (nSPS) is 18.7. The van der Waals surface area contributed by atoms with Crippen LogP contribution in [0.15, 0.2) is 54.7 Å². The lowest BCUT2D eigenvalue weighted by Gasteiger charge is -2.43. The van der Waals surface area contributed by atoms with Gasteiger partial charge >= 0.3 is 0 Å². The van der Waals surface area contributed by atoms with Crippen LogP contribution in [0.1, 0.15) is 60.1 Å². The van der Waals surface area contributed by atoms with Gasteiger partial charge in [0.05, 0.1) is 17.2 Å². The van der Waals surface area contributed by atoms with Crippen LogP contribution in [0.2, 0.25) is 0 Å². The first-order valence-electron chi connectivity index (χ1n) is 12.0. The van der Waals surface area contributed by atoms with Crippen molar-refractivity contribution >= 4 is 16.6 Å². The predicted octanol–water partition coefficient (Wildman–Crippen LogP) is 6.83. The minimum absolute atomic E-state index is 0.0596. The van der Waals surface area contributed by atoms with E-state index >= 15 is 0 Å². The molecule has 172 valence electrons. The fraction of sp³-hybridized carbons (Fsp3) is 0.290. The van der Waals surface area contributed by atoms with E-state index in [4.69, 9.17) is 0 Å². The summed E-state index contributed by atoms with van der Waals surface area (Å²) in [4.78, 5) is 3.48. The fourth-order valence-electron chi connectivity index (χ4n) is 5.35. The van der Waals surface area contributed by atoms with E-state index in [0.29, 0.717) is 0 Å². The molecule has 1 aliphatic heterocycles. The quantitative estimate of drug-likeness (QED) is 0.280. The molecule has 3 nitrogen and oxygen atoms in total. The van der Waals surface area contributed by atoms with Crippen LogP contribution in [0.25, 0.3) is 22.0 Å². The summed E-state index contributed by atoms with van der Waals surface area (Å²) in [6.07, 6.45) is 1.53. The number of aryl methyl sites for hydroxylation is 3. The molecule has 0 saturated carbocycles. The van der Waals surface area contributed by atoms with Gasteiger partial charge < -0.3 is 15.4 Å². The van der Waals surface area contributed by atoms with Crippen LogP contribution in [0.3, 0.4) is 0 Å². The number of aliphatic hydroxyl groups excluding tert-OH is 1. The molecule has 0 spiro atoms. The summed E-state index contributed by atoms with van der Waals surface area (Å²) in [6.45, 7) is 12.6. The minimum Gasteiger partial charge on any atom is -0.390 e. The lowest BCUT2D eigenvalue weighted by Crippen LogP contribution is -2.50. The Morgan fingerprint density at radius 1 is 0.882 bits per heavy atom. The summed E-state index contributed by atoms with van der Waals surface area (Å²) in [5.41, 5.74) is 10.7. The van der Waals surface area contributed by atoms with Gasteiger partial charge in [0, 0.05) is 45.4 Å². The Bertz CT molecular complexity index is 1480. The zero-order chi connectivity index (χ0) is 24.2. The number of hydrogen-bond acceptors (Lipinski definition) is 2. The Hall–Kier alpha value is -3.48. The van der Waals surface area contributed by atoms with Gasteiger partial charge in [-0.1, -0.05) is 55.2 Å². The predicted molar refractivity (Wildman–Crippen MR) is 142 cm³/mol. The molecule has 5 rings (SSSR count). The van der Waals surface area contributed by atoms with E-state index in [0.717, 1.165) is 44.6 Å². The third kappa shape index (κ3) is 3.50. The first-order chi connectivity index (χ1) is 16.2. The van der Waals surface area contributed by atoms with Gasteiger partial charge in [-0.05, 0) is 69.0 Å².